The molecule has 0 bridgehead atoms. The molecule has 0 saturated carbocycles. The highest BCUT2D eigenvalue weighted by atomic mass is 28.4. The summed E-state index contributed by atoms with van der Waals surface area (Å²) >= 11 is 0. The van der Waals surface area contributed by atoms with Gasteiger partial charge in [0.15, 0.2) is 0 Å². The molecule has 2 aliphatic rings. The number of piperidine rings is 1. The van der Waals surface area contributed by atoms with Crippen LogP contribution in [0.3, 0.4) is 0 Å². The van der Waals surface area contributed by atoms with E-state index in [2.05, 4.69) is 46.4 Å². The first-order valence-corrected chi connectivity index (χ1v) is 11.1. The molecular formula is C17H35NO3Si. The third-order valence-corrected chi connectivity index (χ3v) is 12.1. The van der Waals surface area contributed by atoms with E-state index in [4.69, 9.17) is 4.43 Å². The summed E-state index contributed by atoms with van der Waals surface area (Å²) in [6, 6.07) is -0.0214. The van der Waals surface area contributed by atoms with Crippen LogP contribution in [0.1, 0.15) is 54.4 Å². The average molecular weight is 330 g/mol. The van der Waals surface area contributed by atoms with Gasteiger partial charge in [0.05, 0.1) is 24.4 Å². The summed E-state index contributed by atoms with van der Waals surface area (Å²) in [6.07, 6.45) is 0.885. The highest BCUT2D eigenvalue weighted by molar-refractivity contribution is 6.77. The fourth-order valence-electron chi connectivity index (χ4n) is 5.07. The van der Waals surface area contributed by atoms with Gasteiger partial charge in [-0.05, 0) is 36.0 Å². The zero-order valence-electron chi connectivity index (χ0n) is 15.1. The van der Waals surface area contributed by atoms with Gasteiger partial charge in [-0.15, -0.1) is 0 Å². The summed E-state index contributed by atoms with van der Waals surface area (Å²) in [6.45, 7) is 15.3. The molecule has 0 aromatic carbocycles. The molecule has 2 fully saturated rings. The predicted molar refractivity (Wildman–Crippen MR) is 92.5 cm³/mol. The van der Waals surface area contributed by atoms with Crippen molar-refractivity contribution in [2.45, 2.75) is 95.4 Å². The molecule has 2 aliphatic heterocycles. The molecule has 4 nitrogen and oxygen atoms in total. The number of fused-ring (bicyclic) bond motifs is 1. The quantitative estimate of drug-likeness (QED) is 0.762. The molecule has 0 amide bonds. The fraction of sp³-hybridized carbons (Fsp3) is 1.00. The van der Waals surface area contributed by atoms with Crippen LogP contribution in [-0.2, 0) is 4.43 Å². The summed E-state index contributed by atoms with van der Waals surface area (Å²) in [4.78, 5) is 2.24. The molecule has 130 valence electrons. The van der Waals surface area contributed by atoms with Crippen LogP contribution in [0.5, 0.6) is 0 Å². The highest BCUT2D eigenvalue weighted by Crippen LogP contribution is 2.45. The molecule has 0 aliphatic carbocycles. The average Bonchev–Trinajstić information content (AvgIpc) is 2.71. The van der Waals surface area contributed by atoms with E-state index in [1.54, 1.807) is 0 Å². The Morgan fingerprint density at radius 2 is 1.55 bits per heavy atom. The summed E-state index contributed by atoms with van der Waals surface area (Å²) in [7, 11) is -1.95. The van der Waals surface area contributed by atoms with E-state index in [9.17, 15) is 10.2 Å². The predicted octanol–water partition coefficient (Wildman–Crippen LogP) is 2.75. The van der Waals surface area contributed by atoms with Gasteiger partial charge in [0.2, 0.25) is 8.32 Å². The zero-order chi connectivity index (χ0) is 16.7. The summed E-state index contributed by atoms with van der Waals surface area (Å²) < 4.78 is 6.92. The number of nitrogens with zero attached hydrogens (tertiary/aromatic N) is 1. The van der Waals surface area contributed by atoms with Crippen molar-refractivity contribution < 1.29 is 14.6 Å². The van der Waals surface area contributed by atoms with E-state index in [1.165, 1.54) is 0 Å². The van der Waals surface area contributed by atoms with Crippen molar-refractivity contribution in [3.8, 4) is 0 Å². The Bertz CT molecular complexity index is 353. The van der Waals surface area contributed by atoms with E-state index in [1.807, 2.05) is 0 Å². The maximum Gasteiger partial charge on any atom is 0.200 e. The lowest BCUT2D eigenvalue weighted by atomic mass is 9.97. The zero-order valence-corrected chi connectivity index (χ0v) is 16.1. The number of aliphatic hydroxyl groups excluding tert-OH is 2. The lowest BCUT2D eigenvalue weighted by Crippen LogP contribution is -2.57. The lowest BCUT2D eigenvalue weighted by molar-refractivity contribution is -0.0242. The van der Waals surface area contributed by atoms with Crippen molar-refractivity contribution in [2.24, 2.45) is 0 Å². The van der Waals surface area contributed by atoms with Crippen LogP contribution in [-0.4, -0.2) is 60.9 Å². The van der Waals surface area contributed by atoms with Crippen LogP contribution >= 0.6 is 0 Å². The van der Waals surface area contributed by atoms with Crippen LogP contribution in [0.25, 0.3) is 0 Å². The van der Waals surface area contributed by atoms with E-state index >= 15 is 0 Å². The van der Waals surface area contributed by atoms with Crippen molar-refractivity contribution in [3.63, 3.8) is 0 Å². The Morgan fingerprint density at radius 3 is 2.05 bits per heavy atom. The van der Waals surface area contributed by atoms with E-state index < -0.39 is 20.5 Å². The number of hydrogen-bond donors (Lipinski definition) is 2. The largest absolute Gasteiger partial charge is 0.411 e. The third-order valence-electron chi connectivity index (χ3n) is 5.96. The molecular weight excluding hydrogens is 294 g/mol. The van der Waals surface area contributed by atoms with Crippen LogP contribution in [0, 0.1) is 0 Å². The molecule has 0 radical (unpaired) electrons. The van der Waals surface area contributed by atoms with Crippen molar-refractivity contribution in [1.29, 1.82) is 0 Å². The van der Waals surface area contributed by atoms with Crippen LogP contribution in [0.4, 0.5) is 0 Å². The molecule has 22 heavy (non-hydrogen) atoms. The smallest absolute Gasteiger partial charge is 0.200 e. The summed E-state index contributed by atoms with van der Waals surface area (Å²) in [5.74, 6) is 0. The lowest BCUT2D eigenvalue weighted by Gasteiger charge is -2.48. The Hall–Kier alpha value is 0.0569. The van der Waals surface area contributed by atoms with Gasteiger partial charge in [-0.3, -0.25) is 4.90 Å². The first-order chi connectivity index (χ1) is 10.2. The Labute approximate surface area is 137 Å². The summed E-state index contributed by atoms with van der Waals surface area (Å²) in [5, 5.41) is 20.5. The number of aliphatic hydroxyl groups is 2. The molecule has 2 heterocycles. The molecule has 0 aromatic rings. The molecule has 0 aromatic heterocycles. The topological polar surface area (TPSA) is 52.9 Å². The molecule has 0 spiro atoms. The maximum atomic E-state index is 10.4. The molecule has 0 unspecified atom stereocenters. The SMILES string of the molecule is CC(C)[Si](O[C@@H]1CCCN2C[C@H](O)[C@H](O)[C@@H]12)(C(C)C)C(C)C. The van der Waals surface area contributed by atoms with Gasteiger partial charge in [0.1, 0.15) is 0 Å². The van der Waals surface area contributed by atoms with Gasteiger partial charge < -0.3 is 14.6 Å². The first kappa shape index (κ1) is 18.4. The van der Waals surface area contributed by atoms with Gasteiger partial charge in [-0.25, -0.2) is 0 Å². The second kappa shape index (κ2) is 6.89. The van der Waals surface area contributed by atoms with Crippen LogP contribution in [0.2, 0.25) is 16.6 Å². The van der Waals surface area contributed by atoms with Gasteiger partial charge in [-0.2, -0.15) is 0 Å². The van der Waals surface area contributed by atoms with Gasteiger partial charge >= 0.3 is 0 Å². The maximum absolute atomic E-state index is 10.4. The minimum Gasteiger partial charge on any atom is -0.411 e. The fourth-order valence-corrected chi connectivity index (χ4v) is 10.7. The van der Waals surface area contributed by atoms with Gasteiger partial charge in [0.25, 0.3) is 0 Å². The highest BCUT2D eigenvalue weighted by Gasteiger charge is 2.52. The van der Waals surface area contributed by atoms with E-state index in [0.29, 0.717) is 23.2 Å². The van der Waals surface area contributed by atoms with Crippen LogP contribution in [0.15, 0.2) is 0 Å². The monoisotopic (exact) mass is 329 g/mol. The van der Waals surface area contributed by atoms with Crippen molar-refractivity contribution in [2.75, 3.05) is 13.1 Å². The summed E-state index contributed by atoms with van der Waals surface area (Å²) in [5.41, 5.74) is 1.64. The van der Waals surface area contributed by atoms with Crippen molar-refractivity contribution in [3.05, 3.63) is 0 Å². The number of hydrogen-bond acceptors (Lipinski definition) is 4. The van der Waals surface area contributed by atoms with E-state index in [0.717, 1.165) is 19.4 Å². The normalized spacial score (nSPS) is 34.0. The van der Waals surface area contributed by atoms with Gasteiger partial charge in [0, 0.05) is 6.54 Å². The molecule has 2 rings (SSSR count). The molecule has 2 saturated heterocycles. The Kier molecular flexibility index (Phi) is 5.76. The minimum atomic E-state index is -1.95. The molecule has 5 heteroatoms. The van der Waals surface area contributed by atoms with Gasteiger partial charge in [-0.1, -0.05) is 41.5 Å². The Morgan fingerprint density at radius 1 is 1.00 bits per heavy atom. The molecule has 2 N–H and O–H groups in total. The first-order valence-electron chi connectivity index (χ1n) is 8.99. The van der Waals surface area contributed by atoms with E-state index in [-0.39, 0.29) is 12.1 Å². The van der Waals surface area contributed by atoms with Crippen molar-refractivity contribution in [1.82, 2.24) is 4.90 Å². The second-order valence-corrected chi connectivity index (χ2v) is 13.6. The standard InChI is InChI=1S/C17H35NO3Si/c1-11(2)22(12(3)4,13(5)6)21-15-8-7-9-18-10-14(19)17(20)16(15)18/h11-17,19-20H,7-10H2,1-6H3/t14-,15+,16+,17-/m0/s1. The number of rotatable bonds is 5. The second-order valence-electron chi connectivity index (χ2n) is 8.16. The Balaban J connectivity index is 2.25. The third kappa shape index (κ3) is 3.03. The van der Waals surface area contributed by atoms with Crippen molar-refractivity contribution >= 4 is 8.32 Å². The molecule has 4 atom stereocenters. The minimum absolute atomic E-state index is 0.0214. The van der Waals surface area contributed by atoms with Crippen LogP contribution < -0.4 is 0 Å².